The van der Waals surface area contributed by atoms with Crippen molar-refractivity contribution in [1.82, 2.24) is 0 Å². The summed E-state index contributed by atoms with van der Waals surface area (Å²) in [6.45, 7) is 2.31. The van der Waals surface area contributed by atoms with Crippen LogP contribution in [0.2, 0.25) is 0 Å². The van der Waals surface area contributed by atoms with Crippen molar-refractivity contribution in [2.75, 3.05) is 6.61 Å². The third kappa shape index (κ3) is 23.8. The van der Waals surface area contributed by atoms with Crippen LogP contribution in [0.25, 0.3) is 0 Å². The van der Waals surface area contributed by atoms with E-state index in [1.54, 1.807) is 0 Å². The molecule has 0 aromatic heterocycles. The number of carboxylic acid groups (broad SMARTS) is 2. The predicted octanol–water partition coefficient (Wildman–Crippen LogP) is -1.28. The zero-order chi connectivity index (χ0) is 21.3. The van der Waals surface area contributed by atoms with Crippen LogP contribution in [-0.4, -0.2) is 64.2 Å². The number of rotatable bonds is 15. The molecule has 2 atom stereocenters. The number of aliphatic hydroxyl groups excluding tert-OH is 2. The average molecular weight is 440 g/mol. The summed E-state index contributed by atoms with van der Waals surface area (Å²) in [5, 5.41) is 32.5. The number of unbranched alkanes of at least 4 members (excludes halogenated alkanes) is 9. The van der Waals surface area contributed by atoms with Gasteiger partial charge in [-0.1, -0.05) is 64.7 Å². The van der Waals surface area contributed by atoms with Crippen LogP contribution in [0.1, 0.15) is 72.6 Å². The van der Waals surface area contributed by atoms with Crippen molar-refractivity contribution in [3.63, 3.8) is 0 Å². The molecule has 0 aromatic carbocycles. The first kappa shape index (κ1) is 32.4. The average Bonchev–Trinajstić information content (AvgIpc) is 2.57. The van der Waals surface area contributed by atoms with Crippen LogP contribution in [0, 0.1) is 0 Å². The maximum Gasteiger partial charge on any atom is 1.00 e. The van der Waals surface area contributed by atoms with Gasteiger partial charge in [-0.2, -0.15) is 8.42 Å². The molecule has 0 amide bonds. The minimum absolute atomic E-state index is 0. The zero-order valence-corrected chi connectivity index (χ0v) is 19.4. The van der Waals surface area contributed by atoms with E-state index < -0.39 is 34.5 Å². The summed E-state index contributed by atoms with van der Waals surface area (Å²) in [6, 6.07) is 0. The van der Waals surface area contributed by atoms with Crippen LogP contribution in [0.3, 0.4) is 0 Å². The van der Waals surface area contributed by atoms with Gasteiger partial charge in [-0.05, 0) is 6.42 Å². The fraction of sp³-hybridized carbons (Fsp3) is 0.875. The second kappa shape index (κ2) is 20.0. The van der Waals surface area contributed by atoms with Gasteiger partial charge in [0.25, 0.3) is 0 Å². The molecule has 2 unspecified atom stereocenters. The topological polar surface area (TPSA) is 179 Å². The Morgan fingerprint density at radius 2 is 1.14 bits per heavy atom. The Hall–Kier alpha value is -0.270. The van der Waals surface area contributed by atoms with Gasteiger partial charge in [0.1, 0.15) is 0 Å². The van der Waals surface area contributed by atoms with Gasteiger partial charge in [0.2, 0.25) is 0 Å². The van der Waals surface area contributed by atoms with E-state index >= 15 is 0 Å². The number of aliphatic hydroxyl groups is 2. The molecule has 0 rings (SSSR count). The van der Waals surface area contributed by atoms with E-state index in [0.29, 0.717) is 6.42 Å². The van der Waals surface area contributed by atoms with E-state index in [9.17, 15) is 18.0 Å². The SMILES string of the molecule is CCCCCCCCCCCCOS(=O)(=O)O.O=C(O)C(O)C(O)C(=O)O.[H-].[Na+]. The molecule has 0 spiro atoms. The monoisotopic (exact) mass is 440 g/mol. The molecule has 0 saturated heterocycles. The Morgan fingerprint density at radius 3 is 1.43 bits per heavy atom. The van der Waals surface area contributed by atoms with Gasteiger partial charge < -0.3 is 21.9 Å². The Kier molecular flexibility index (Phi) is 23.2. The molecule has 12 heteroatoms. The molecule has 10 nitrogen and oxygen atoms in total. The van der Waals surface area contributed by atoms with E-state index in [1.165, 1.54) is 44.9 Å². The predicted molar refractivity (Wildman–Crippen MR) is 97.7 cm³/mol. The first-order valence-corrected chi connectivity index (χ1v) is 10.3. The molecule has 0 heterocycles. The van der Waals surface area contributed by atoms with Gasteiger partial charge in [-0.25, -0.2) is 13.8 Å². The summed E-state index contributed by atoms with van der Waals surface area (Å²) in [5.41, 5.74) is 0. The van der Waals surface area contributed by atoms with Crippen molar-refractivity contribution in [2.45, 2.75) is 83.3 Å². The van der Waals surface area contributed by atoms with E-state index in [0.717, 1.165) is 12.8 Å². The fourth-order valence-electron chi connectivity index (χ4n) is 2.02. The van der Waals surface area contributed by atoms with Gasteiger partial charge in [-0.3, -0.25) is 4.55 Å². The van der Waals surface area contributed by atoms with Gasteiger partial charge in [0, 0.05) is 0 Å². The molecule has 0 aliphatic carbocycles. The molecule has 0 fully saturated rings. The van der Waals surface area contributed by atoms with Crippen molar-refractivity contribution in [3.05, 3.63) is 0 Å². The van der Waals surface area contributed by atoms with Gasteiger partial charge in [0.15, 0.2) is 12.2 Å². The fourth-order valence-corrected chi connectivity index (χ4v) is 2.35. The molecule has 0 bridgehead atoms. The summed E-state index contributed by atoms with van der Waals surface area (Å²) in [7, 11) is -4.23. The molecule has 0 saturated carbocycles. The van der Waals surface area contributed by atoms with E-state index in [4.69, 9.17) is 25.0 Å². The first-order chi connectivity index (χ1) is 12.5. The van der Waals surface area contributed by atoms with Crippen molar-refractivity contribution >= 4 is 22.3 Å². The maximum atomic E-state index is 10.2. The second-order valence-electron chi connectivity index (χ2n) is 6.00. The first-order valence-electron chi connectivity index (χ1n) is 8.96. The van der Waals surface area contributed by atoms with Crippen LogP contribution in [0.4, 0.5) is 0 Å². The number of aliphatic carboxylic acids is 2. The summed E-state index contributed by atoms with van der Waals surface area (Å²) < 4.78 is 33.0. The van der Waals surface area contributed by atoms with Crippen LogP contribution < -0.4 is 29.6 Å². The Labute approximate surface area is 190 Å². The molecule has 0 aliphatic rings. The van der Waals surface area contributed by atoms with Gasteiger partial charge in [-0.15, -0.1) is 0 Å². The molecular weight excluding hydrogens is 407 g/mol. The molecule has 0 aromatic rings. The second-order valence-corrected chi connectivity index (χ2v) is 7.09. The van der Waals surface area contributed by atoms with E-state index in [2.05, 4.69) is 11.1 Å². The van der Waals surface area contributed by atoms with Gasteiger partial charge in [0.05, 0.1) is 6.61 Å². The summed E-state index contributed by atoms with van der Waals surface area (Å²) in [6.07, 6.45) is 7.32. The molecule has 28 heavy (non-hydrogen) atoms. The van der Waals surface area contributed by atoms with Crippen molar-refractivity contribution in [3.8, 4) is 0 Å². The molecule has 0 radical (unpaired) electrons. The zero-order valence-electron chi connectivity index (χ0n) is 17.6. The Bertz CT molecular complexity index is 486. The number of hydrogen-bond donors (Lipinski definition) is 5. The van der Waals surface area contributed by atoms with E-state index in [1.807, 2.05) is 0 Å². The molecule has 164 valence electrons. The van der Waals surface area contributed by atoms with Crippen LogP contribution >= 0.6 is 0 Å². The van der Waals surface area contributed by atoms with Gasteiger partial charge >= 0.3 is 51.9 Å². The number of carboxylic acids is 2. The Balaban J connectivity index is -0.000000226. The summed E-state index contributed by atoms with van der Waals surface area (Å²) >= 11 is 0. The van der Waals surface area contributed by atoms with Crippen molar-refractivity contribution < 1.29 is 78.2 Å². The van der Waals surface area contributed by atoms with Crippen LogP contribution in [0.5, 0.6) is 0 Å². The molecule has 0 aliphatic heterocycles. The summed E-state index contributed by atoms with van der Waals surface area (Å²) in [5.74, 6) is -3.54. The van der Waals surface area contributed by atoms with Crippen molar-refractivity contribution in [1.29, 1.82) is 0 Å². The number of carbonyl (C=O) groups is 2. The van der Waals surface area contributed by atoms with Crippen LogP contribution in [-0.2, 0) is 24.2 Å². The molecular formula is C16H33NaO10S. The normalized spacial score (nSPS) is 12.9. The van der Waals surface area contributed by atoms with Crippen molar-refractivity contribution in [2.24, 2.45) is 0 Å². The molecule has 5 N–H and O–H groups in total. The quantitative estimate of drug-likeness (QED) is 0.117. The Morgan fingerprint density at radius 1 is 0.821 bits per heavy atom. The third-order valence-electron chi connectivity index (χ3n) is 3.54. The minimum atomic E-state index is -4.23. The van der Waals surface area contributed by atoms with Crippen LogP contribution in [0.15, 0.2) is 0 Å². The number of hydrogen-bond acceptors (Lipinski definition) is 7. The third-order valence-corrected chi connectivity index (χ3v) is 4.00. The standard InChI is InChI=1S/C12H26O4S.C4H6O6.Na.H/c1-2-3-4-5-6-7-8-9-10-11-12-16-17(13,14)15;5-1(3(7)8)2(6)4(9)10;;/h2-12H2,1H3,(H,13,14,15);1-2,5-6H,(H,7,8)(H,9,10);;/q;;+1;-1. The smallest absolute Gasteiger partial charge is 1.00 e. The summed E-state index contributed by atoms with van der Waals surface area (Å²) in [4.78, 5) is 19.5. The van der Waals surface area contributed by atoms with E-state index in [-0.39, 0.29) is 37.6 Å². The maximum absolute atomic E-state index is 10.2. The minimum Gasteiger partial charge on any atom is -1.00 e. The largest absolute Gasteiger partial charge is 1.00 e.